The highest BCUT2D eigenvalue weighted by Gasteiger charge is 2.69. The van der Waals surface area contributed by atoms with E-state index in [0.29, 0.717) is 6.42 Å². The van der Waals surface area contributed by atoms with Crippen molar-refractivity contribution in [1.29, 1.82) is 0 Å². The Morgan fingerprint density at radius 2 is 1.85 bits per heavy atom. The van der Waals surface area contributed by atoms with Crippen LogP contribution in [0.2, 0.25) is 0 Å². The molecule has 3 rings (SSSR count). The first kappa shape index (κ1) is 14.1. The zero-order chi connectivity index (χ0) is 14.4. The van der Waals surface area contributed by atoms with Crippen LogP contribution in [-0.2, 0) is 14.3 Å². The maximum absolute atomic E-state index is 12.8. The molecular weight excluding hydrogens is 256 g/mol. The number of ether oxygens (including phenoxy) is 1. The van der Waals surface area contributed by atoms with E-state index in [1.54, 1.807) is 0 Å². The number of hydrogen-bond donors (Lipinski definition) is 1. The standard InChI is InChI=1S/C16H24O4/c1-11(17)20-16-10-5-2-3-7-12(16)14(18)15(19)9-6-4-8-13(15)16/h12-13,19H,2-10H2,1H3/t12-,13+,15+,16+/m0/s1. The molecule has 0 spiro atoms. The zero-order valence-corrected chi connectivity index (χ0v) is 12.2. The van der Waals surface area contributed by atoms with Gasteiger partial charge in [-0.25, -0.2) is 0 Å². The number of rotatable bonds is 1. The second-order valence-electron chi connectivity index (χ2n) is 6.79. The molecule has 0 heterocycles. The third kappa shape index (κ3) is 1.84. The number of Topliss-reactive ketones (excluding diaryl/α,β-unsaturated/α-hetero) is 1. The normalized spacial score (nSPS) is 44.4. The quantitative estimate of drug-likeness (QED) is 0.749. The van der Waals surface area contributed by atoms with Crippen LogP contribution in [0.4, 0.5) is 0 Å². The molecule has 3 aliphatic carbocycles. The summed E-state index contributed by atoms with van der Waals surface area (Å²) in [7, 11) is 0. The van der Waals surface area contributed by atoms with Crippen molar-refractivity contribution < 1.29 is 19.4 Å². The van der Waals surface area contributed by atoms with E-state index in [2.05, 4.69) is 0 Å². The first-order valence-corrected chi connectivity index (χ1v) is 7.97. The third-order valence-electron chi connectivity index (χ3n) is 5.69. The number of carbonyl (C=O) groups excluding carboxylic acids is 2. The molecule has 4 atom stereocenters. The number of hydrogen-bond acceptors (Lipinski definition) is 4. The van der Waals surface area contributed by atoms with Gasteiger partial charge in [-0.3, -0.25) is 9.59 Å². The lowest BCUT2D eigenvalue weighted by Crippen LogP contribution is -2.50. The monoisotopic (exact) mass is 280 g/mol. The van der Waals surface area contributed by atoms with Gasteiger partial charge in [0, 0.05) is 12.8 Å². The van der Waals surface area contributed by atoms with Gasteiger partial charge in [-0.2, -0.15) is 0 Å². The van der Waals surface area contributed by atoms with E-state index in [4.69, 9.17) is 4.74 Å². The van der Waals surface area contributed by atoms with Crippen LogP contribution < -0.4 is 0 Å². The summed E-state index contributed by atoms with van der Waals surface area (Å²) in [6.07, 6.45) is 7.77. The van der Waals surface area contributed by atoms with Crippen LogP contribution in [0.1, 0.15) is 64.7 Å². The molecule has 3 aliphatic rings. The first-order chi connectivity index (χ1) is 9.51. The lowest BCUT2D eigenvalue weighted by atomic mass is 9.70. The molecule has 20 heavy (non-hydrogen) atoms. The minimum absolute atomic E-state index is 0.0506. The average Bonchev–Trinajstić information content (AvgIpc) is 2.55. The molecule has 0 aromatic heterocycles. The highest BCUT2D eigenvalue weighted by atomic mass is 16.6. The van der Waals surface area contributed by atoms with Crippen LogP contribution >= 0.6 is 0 Å². The van der Waals surface area contributed by atoms with Gasteiger partial charge in [0.05, 0.1) is 5.92 Å². The molecule has 1 N–H and O–H groups in total. The van der Waals surface area contributed by atoms with E-state index in [1.807, 2.05) is 0 Å². The van der Waals surface area contributed by atoms with E-state index >= 15 is 0 Å². The molecule has 4 heteroatoms. The Morgan fingerprint density at radius 3 is 2.60 bits per heavy atom. The Hall–Kier alpha value is -0.900. The van der Waals surface area contributed by atoms with Crippen molar-refractivity contribution in [3.63, 3.8) is 0 Å². The van der Waals surface area contributed by atoms with Crippen LogP contribution in [0, 0.1) is 11.8 Å². The summed E-state index contributed by atoms with van der Waals surface area (Å²) in [6, 6.07) is 0. The molecule has 0 saturated heterocycles. The molecule has 0 unspecified atom stereocenters. The van der Waals surface area contributed by atoms with E-state index < -0.39 is 11.2 Å². The van der Waals surface area contributed by atoms with Crippen molar-refractivity contribution in [1.82, 2.24) is 0 Å². The minimum atomic E-state index is -1.24. The molecule has 4 nitrogen and oxygen atoms in total. The second-order valence-corrected chi connectivity index (χ2v) is 6.79. The van der Waals surface area contributed by atoms with Crippen molar-refractivity contribution in [2.24, 2.45) is 11.8 Å². The van der Waals surface area contributed by atoms with Crippen LogP contribution in [0.5, 0.6) is 0 Å². The summed E-state index contributed by atoms with van der Waals surface area (Å²) in [5.41, 5.74) is -1.97. The number of aliphatic hydroxyl groups is 1. The Balaban J connectivity index is 2.06. The van der Waals surface area contributed by atoms with Crippen molar-refractivity contribution in [3.8, 4) is 0 Å². The van der Waals surface area contributed by atoms with E-state index in [9.17, 15) is 14.7 Å². The van der Waals surface area contributed by atoms with Gasteiger partial charge in [0.15, 0.2) is 5.78 Å². The lowest BCUT2D eigenvalue weighted by Gasteiger charge is -2.42. The van der Waals surface area contributed by atoms with Crippen LogP contribution in [0.25, 0.3) is 0 Å². The molecule has 0 radical (unpaired) electrons. The summed E-state index contributed by atoms with van der Waals surface area (Å²) >= 11 is 0. The molecule has 112 valence electrons. The first-order valence-electron chi connectivity index (χ1n) is 7.97. The highest BCUT2D eigenvalue weighted by Crippen LogP contribution is 2.57. The second kappa shape index (κ2) is 4.83. The maximum atomic E-state index is 12.8. The van der Waals surface area contributed by atoms with Gasteiger partial charge in [0.2, 0.25) is 0 Å². The molecule has 0 aliphatic heterocycles. The predicted molar refractivity (Wildman–Crippen MR) is 73.0 cm³/mol. The van der Waals surface area contributed by atoms with Crippen LogP contribution in [0.3, 0.4) is 0 Å². The Kier molecular flexibility index (Phi) is 3.39. The Labute approximate surface area is 119 Å². The fraction of sp³-hybridized carbons (Fsp3) is 0.875. The molecule has 0 bridgehead atoms. The molecular formula is C16H24O4. The number of esters is 1. The van der Waals surface area contributed by atoms with Crippen molar-refractivity contribution in [2.75, 3.05) is 0 Å². The summed E-state index contributed by atoms with van der Waals surface area (Å²) in [6.45, 7) is 1.42. The smallest absolute Gasteiger partial charge is 0.303 e. The van der Waals surface area contributed by atoms with Crippen LogP contribution in [-0.4, -0.2) is 28.1 Å². The van der Waals surface area contributed by atoms with Crippen LogP contribution in [0.15, 0.2) is 0 Å². The highest BCUT2D eigenvalue weighted by molar-refractivity contribution is 5.94. The number of ketones is 1. The zero-order valence-electron chi connectivity index (χ0n) is 12.2. The van der Waals surface area contributed by atoms with Gasteiger partial charge in [-0.1, -0.05) is 25.7 Å². The van der Waals surface area contributed by atoms with E-state index in [-0.39, 0.29) is 23.6 Å². The summed E-state index contributed by atoms with van der Waals surface area (Å²) in [4.78, 5) is 24.4. The number of carbonyl (C=O) groups is 2. The Morgan fingerprint density at radius 1 is 1.15 bits per heavy atom. The Bertz CT molecular complexity index is 432. The van der Waals surface area contributed by atoms with Gasteiger partial charge in [0.1, 0.15) is 11.2 Å². The molecule has 0 aromatic rings. The van der Waals surface area contributed by atoms with Gasteiger partial charge >= 0.3 is 5.97 Å². The molecule has 0 amide bonds. The SMILES string of the molecule is CC(=O)O[C@]12CCCCC[C@H]1C(=O)[C@@]1(O)CCCC[C@@H]21. The number of fused-ring (bicyclic) bond motifs is 3. The van der Waals surface area contributed by atoms with Gasteiger partial charge in [0.25, 0.3) is 0 Å². The molecule has 3 saturated carbocycles. The third-order valence-corrected chi connectivity index (χ3v) is 5.69. The summed E-state index contributed by atoms with van der Waals surface area (Å²) < 4.78 is 5.77. The van der Waals surface area contributed by atoms with Crippen molar-refractivity contribution in [3.05, 3.63) is 0 Å². The maximum Gasteiger partial charge on any atom is 0.303 e. The van der Waals surface area contributed by atoms with Crippen molar-refractivity contribution >= 4 is 11.8 Å². The topological polar surface area (TPSA) is 63.6 Å². The minimum Gasteiger partial charge on any atom is -0.458 e. The van der Waals surface area contributed by atoms with Crippen molar-refractivity contribution in [2.45, 2.75) is 75.9 Å². The average molecular weight is 280 g/mol. The largest absolute Gasteiger partial charge is 0.458 e. The van der Waals surface area contributed by atoms with Gasteiger partial charge in [-0.15, -0.1) is 0 Å². The lowest BCUT2D eigenvalue weighted by molar-refractivity contribution is -0.176. The van der Waals surface area contributed by atoms with Gasteiger partial charge in [-0.05, 0) is 32.1 Å². The predicted octanol–water partition coefficient (Wildman–Crippen LogP) is 2.37. The molecule has 3 fully saturated rings. The summed E-state index contributed by atoms with van der Waals surface area (Å²) in [5.74, 6) is -0.852. The summed E-state index contributed by atoms with van der Waals surface area (Å²) in [5, 5.41) is 10.9. The van der Waals surface area contributed by atoms with E-state index in [1.165, 1.54) is 6.92 Å². The fourth-order valence-electron chi connectivity index (χ4n) is 4.98. The van der Waals surface area contributed by atoms with Gasteiger partial charge < -0.3 is 9.84 Å². The fourth-order valence-corrected chi connectivity index (χ4v) is 4.98. The molecule has 0 aromatic carbocycles. The van der Waals surface area contributed by atoms with E-state index in [0.717, 1.165) is 51.4 Å².